The highest BCUT2D eigenvalue weighted by Crippen LogP contribution is 2.39. The lowest BCUT2D eigenvalue weighted by atomic mass is 9.74. The summed E-state index contributed by atoms with van der Waals surface area (Å²) in [6.45, 7) is 16.6. The maximum atomic E-state index is 12.2. The third kappa shape index (κ3) is 13.5. The number of hydrogen-bond donors (Lipinski definition) is 1. The third-order valence-corrected chi connectivity index (χ3v) is 10.2. The van der Waals surface area contributed by atoms with E-state index < -0.39 is 5.03 Å². The molecular weight excluding hydrogens is 618 g/mol. The Bertz CT molecular complexity index is 1010. The van der Waals surface area contributed by atoms with Gasteiger partial charge in [0.1, 0.15) is 0 Å². The molecule has 48 heavy (non-hydrogen) atoms. The Morgan fingerprint density at radius 2 is 1.42 bits per heavy atom. The molecule has 10 atom stereocenters. The molecule has 0 saturated heterocycles. The van der Waals surface area contributed by atoms with Gasteiger partial charge in [0, 0.05) is 30.8 Å². The molecule has 278 valence electrons. The summed E-state index contributed by atoms with van der Waals surface area (Å²) < 4.78 is 37.3. The monoisotopic (exact) mass is 683 g/mol. The van der Waals surface area contributed by atoms with E-state index in [0.29, 0.717) is 50.9 Å². The fraction of sp³-hybridized carbons (Fsp3) is 0.944. The Balaban J connectivity index is 1.66. The average molecular weight is 684 g/mol. The van der Waals surface area contributed by atoms with Gasteiger partial charge in [-0.3, -0.25) is 4.79 Å². The smallest absolute Gasteiger partial charge is 0.305 e. The fourth-order valence-electron chi connectivity index (χ4n) is 7.98. The molecular formula is C36H65N3O9. The number of carbonyl (C=O) groups is 1. The molecule has 0 radical (unpaired) electrons. The summed E-state index contributed by atoms with van der Waals surface area (Å²) in [7, 11) is 1.44. The highest BCUT2D eigenvalue weighted by molar-refractivity contribution is 5.82. The zero-order valence-electron chi connectivity index (χ0n) is 30.8. The first-order valence-corrected chi connectivity index (χ1v) is 18.5. The third-order valence-electron chi connectivity index (χ3n) is 10.2. The molecule has 2 N–H and O–H groups in total. The molecule has 0 heterocycles. The topological polar surface area (TPSA) is 154 Å². The van der Waals surface area contributed by atoms with Crippen LogP contribution in [-0.2, 0) is 33.2 Å². The van der Waals surface area contributed by atoms with Crippen molar-refractivity contribution in [3.05, 3.63) is 10.1 Å². The number of esters is 1. The summed E-state index contributed by atoms with van der Waals surface area (Å²) in [5, 5.41) is 13.7. The SMILES string of the molecule is COC(=O)CC1CC(OCC2CC(C)CC(COC3CCC(/C(N)=N/[N+](=O)[O-])C(OC(C)C)C3)C2OCCC(C)C)CCC1OC(C)C. The van der Waals surface area contributed by atoms with Crippen LogP contribution < -0.4 is 5.73 Å². The molecule has 0 spiro atoms. The number of ether oxygens (including phenoxy) is 6. The van der Waals surface area contributed by atoms with Gasteiger partial charge in [-0.2, -0.15) is 0 Å². The number of carbonyl (C=O) groups excluding carboxylic acids is 1. The van der Waals surface area contributed by atoms with E-state index in [2.05, 4.69) is 25.9 Å². The van der Waals surface area contributed by atoms with Crippen LogP contribution in [0.2, 0.25) is 0 Å². The van der Waals surface area contributed by atoms with Crippen LogP contribution in [0.3, 0.4) is 0 Å². The Hall–Kier alpha value is -1.86. The maximum absolute atomic E-state index is 12.2. The van der Waals surface area contributed by atoms with Gasteiger partial charge in [-0.05, 0) is 96.8 Å². The first-order valence-electron chi connectivity index (χ1n) is 18.5. The minimum Gasteiger partial charge on any atom is -0.469 e. The van der Waals surface area contributed by atoms with Gasteiger partial charge in [-0.15, -0.1) is 0 Å². The Labute approximate surface area is 288 Å². The van der Waals surface area contributed by atoms with Crippen LogP contribution in [0.4, 0.5) is 0 Å². The second-order valence-corrected chi connectivity index (χ2v) is 15.5. The molecule has 0 aromatic heterocycles. The summed E-state index contributed by atoms with van der Waals surface area (Å²) in [6.07, 6.45) is 7.75. The van der Waals surface area contributed by atoms with Gasteiger partial charge in [0.2, 0.25) is 0 Å². The van der Waals surface area contributed by atoms with E-state index in [-0.39, 0.29) is 78.2 Å². The first kappa shape index (κ1) is 40.6. The number of hydrazone groups is 1. The lowest BCUT2D eigenvalue weighted by Gasteiger charge is -2.43. The molecule has 0 amide bonds. The van der Waals surface area contributed by atoms with E-state index in [1.54, 1.807) is 0 Å². The van der Waals surface area contributed by atoms with Crippen LogP contribution in [0.15, 0.2) is 5.10 Å². The molecule has 3 rings (SSSR count). The van der Waals surface area contributed by atoms with E-state index in [4.69, 9.17) is 34.2 Å². The van der Waals surface area contributed by atoms with Crippen LogP contribution in [0.25, 0.3) is 0 Å². The predicted molar refractivity (Wildman–Crippen MR) is 184 cm³/mol. The van der Waals surface area contributed by atoms with Crippen molar-refractivity contribution in [1.29, 1.82) is 0 Å². The number of methoxy groups -OCH3 is 1. The highest BCUT2D eigenvalue weighted by atomic mass is 16.7. The summed E-state index contributed by atoms with van der Waals surface area (Å²) in [5.41, 5.74) is 6.04. The van der Waals surface area contributed by atoms with Gasteiger partial charge in [-0.25, -0.2) is 10.1 Å². The Kier molecular flexibility index (Phi) is 17.0. The van der Waals surface area contributed by atoms with E-state index >= 15 is 0 Å². The van der Waals surface area contributed by atoms with Crippen LogP contribution in [0.1, 0.15) is 113 Å². The van der Waals surface area contributed by atoms with Gasteiger partial charge in [0.15, 0.2) is 10.9 Å². The quantitative estimate of drug-likeness (QED) is 0.0585. The summed E-state index contributed by atoms with van der Waals surface area (Å²) in [6, 6.07) is 0. The highest BCUT2D eigenvalue weighted by Gasteiger charge is 2.41. The van der Waals surface area contributed by atoms with Crippen molar-refractivity contribution in [2.24, 2.45) is 46.3 Å². The molecule has 12 heteroatoms. The van der Waals surface area contributed by atoms with Gasteiger partial charge in [-0.1, -0.05) is 20.8 Å². The summed E-state index contributed by atoms with van der Waals surface area (Å²) >= 11 is 0. The normalized spacial score (nSPS) is 33.4. The maximum Gasteiger partial charge on any atom is 0.305 e. The molecule has 0 bridgehead atoms. The van der Waals surface area contributed by atoms with Crippen LogP contribution in [-0.4, -0.2) is 86.5 Å². The second-order valence-electron chi connectivity index (χ2n) is 15.5. The molecule has 12 nitrogen and oxygen atoms in total. The van der Waals surface area contributed by atoms with E-state index in [1.807, 2.05) is 27.7 Å². The van der Waals surface area contributed by atoms with Crippen LogP contribution in [0, 0.1) is 45.6 Å². The standard InChI is InChI=1S/C36H65N3O9/c1-22(2)13-14-44-35-27(20-45-29-10-12-32(47-23(3)4)26(17-29)18-34(40)43-8)15-25(7)16-28(35)21-46-30-9-11-31(36(37)38-39(41)42)33(19-30)48-24(5)6/h22-33,35H,9-21H2,1-8H3,(H2,37,38). The largest absolute Gasteiger partial charge is 0.469 e. The number of nitro groups is 1. The van der Waals surface area contributed by atoms with Crippen molar-refractivity contribution in [2.45, 2.75) is 155 Å². The lowest BCUT2D eigenvalue weighted by molar-refractivity contribution is -0.485. The molecule has 3 aliphatic carbocycles. The van der Waals surface area contributed by atoms with Crippen LogP contribution >= 0.6 is 0 Å². The molecule has 0 aromatic rings. The number of rotatable bonds is 18. The summed E-state index contributed by atoms with van der Waals surface area (Å²) in [4.78, 5) is 23.2. The number of nitrogens with zero attached hydrogens (tertiary/aromatic N) is 2. The van der Waals surface area contributed by atoms with Crippen molar-refractivity contribution in [3.8, 4) is 0 Å². The van der Waals surface area contributed by atoms with Gasteiger partial charge >= 0.3 is 5.97 Å². The van der Waals surface area contributed by atoms with Gasteiger partial charge < -0.3 is 34.2 Å². The molecule has 0 aliphatic heterocycles. The number of amidine groups is 1. The lowest BCUT2D eigenvalue weighted by Crippen LogP contribution is -2.46. The first-order chi connectivity index (χ1) is 22.7. The zero-order valence-corrected chi connectivity index (χ0v) is 30.8. The average Bonchev–Trinajstić information content (AvgIpc) is 2.99. The van der Waals surface area contributed by atoms with Crippen molar-refractivity contribution >= 4 is 11.8 Å². The van der Waals surface area contributed by atoms with Crippen molar-refractivity contribution < 1.29 is 38.2 Å². The van der Waals surface area contributed by atoms with Crippen molar-refractivity contribution in [2.75, 3.05) is 26.9 Å². The fourth-order valence-corrected chi connectivity index (χ4v) is 7.98. The second kappa shape index (κ2) is 20.1. The Morgan fingerprint density at radius 3 is 1.98 bits per heavy atom. The van der Waals surface area contributed by atoms with Crippen LogP contribution in [0.5, 0.6) is 0 Å². The molecule has 3 fully saturated rings. The Morgan fingerprint density at radius 1 is 0.833 bits per heavy atom. The minimum atomic E-state index is -0.735. The zero-order chi connectivity index (χ0) is 35.4. The van der Waals surface area contributed by atoms with Crippen molar-refractivity contribution in [1.82, 2.24) is 0 Å². The summed E-state index contributed by atoms with van der Waals surface area (Å²) in [5.74, 6) is 1.09. The van der Waals surface area contributed by atoms with E-state index in [1.165, 1.54) is 7.11 Å². The molecule has 10 unspecified atom stereocenters. The molecule has 0 aromatic carbocycles. The van der Waals surface area contributed by atoms with Gasteiger partial charge in [0.25, 0.3) is 0 Å². The van der Waals surface area contributed by atoms with Gasteiger partial charge in [0.05, 0.1) is 74.6 Å². The minimum absolute atomic E-state index is 0.0178. The van der Waals surface area contributed by atoms with E-state index in [0.717, 1.165) is 44.9 Å². The number of nitrogens with two attached hydrogens (primary N) is 1. The van der Waals surface area contributed by atoms with Crippen molar-refractivity contribution in [3.63, 3.8) is 0 Å². The van der Waals surface area contributed by atoms with E-state index in [9.17, 15) is 14.9 Å². The molecule has 3 aliphatic rings. The predicted octanol–water partition coefficient (Wildman–Crippen LogP) is 6.15. The number of hydrogen-bond acceptors (Lipinski definition) is 9. The molecule has 3 saturated carbocycles.